The number of imide groups is 1. The molecule has 0 spiro atoms. The average molecular weight is 316 g/mol. The van der Waals surface area contributed by atoms with Gasteiger partial charge < -0.3 is 4.90 Å². The highest BCUT2D eigenvalue weighted by Gasteiger charge is 2.52. The van der Waals surface area contributed by atoms with Gasteiger partial charge in [0.1, 0.15) is 11.9 Å². The molecule has 1 aromatic rings. The van der Waals surface area contributed by atoms with E-state index in [1.165, 1.54) is 12.1 Å². The lowest BCUT2D eigenvalue weighted by atomic mass is 10.1. The molecule has 0 bridgehead atoms. The maximum atomic E-state index is 13.3. The fourth-order valence-corrected chi connectivity index (χ4v) is 3.47. The third kappa shape index (κ3) is 2.62. The number of halogens is 1. The van der Waals surface area contributed by atoms with Crippen LogP contribution in [0.2, 0.25) is 0 Å². The van der Waals surface area contributed by atoms with Crippen LogP contribution >= 0.6 is 0 Å². The van der Waals surface area contributed by atoms with Crippen LogP contribution in [0.1, 0.15) is 37.2 Å². The zero-order valence-corrected chi connectivity index (χ0v) is 12.5. The summed E-state index contributed by atoms with van der Waals surface area (Å²) in [6.45, 7) is 0. The van der Waals surface area contributed by atoms with Crippen molar-refractivity contribution < 1.29 is 18.8 Å². The monoisotopic (exact) mass is 316 g/mol. The van der Waals surface area contributed by atoms with Crippen molar-refractivity contribution >= 4 is 17.7 Å². The molecule has 6 heteroatoms. The number of rotatable bonds is 4. The molecule has 0 radical (unpaired) electrons. The molecule has 1 heterocycles. The van der Waals surface area contributed by atoms with Crippen LogP contribution in [0.5, 0.6) is 0 Å². The Balaban J connectivity index is 1.51. The quantitative estimate of drug-likeness (QED) is 0.852. The summed E-state index contributed by atoms with van der Waals surface area (Å²) >= 11 is 0. The van der Waals surface area contributed by atoms with Crippen LogP contribution in [0.15, 0.2) is 24.3 Å². The van der Waals surface area contributed by atoms with Gasteiger partial charge in [0.05, 0.1) is 6.42 Å². The lowest BCUT2D eigenvalue weighted by molar-refractivity contribution is -0.140. The first-order valence-corrected chi connectivity index (χ1v) is 7.96. The second-order valence-corrected chi connectivity index (χ2v) is 6.61. The Kier molecular flexibility index (Phi) is 3.21. The van der Waals surface area contributed by atoms with Gasteiger partial charge in [-0.25, -0.2) is 4.39 Å². The largest absolute Gasteiger partial charge is 0.327 e. The summed E-state index contributed by atoms with van der Waals surface area (Å²) in [6, 6.07) is 5.72. The third-order valence-electron chi connectivity index (χ3n) is 4.86. The number of nitrogens with one attached hydrogen (secondary N) is 1. The first-order chi connectivity index (χ1) is 11.0. The number of carbonyl (C=O) groups excluding carboxylic acids is 3. The van der Waals surface area contributed by atoms with Crippen molar-refractivity contribution in [1.29, 1.82) is 0 Å². The molecular weight excluding hydrogens is 299 g/mol. The van der Waals surface area contributed by atoms with Gasteiger partial charge in [0.2, 0.25) is 17.7 Å². The van der Waals surface area contributed by atoms with Gasteiger partial charge in [-0.1, -0.05) is 12.1 Å². The van der Waals surface area contributed by atoms with E-state index >= 15 is 0 Å². The van der Waals surface area contributed by atoms with Crippen LogP contribution in [-0.2, 0) is 14.4 Å². The zero-order chi connectivity index (χ0) is 16.1. The van der Waals surface area contributed by atoms with E-state index in [-0.39, 0.29) is 47.8 Å². The Morgan fingerprint density at radius 3 is 2.65 bits per heavy atom. The molecule has 1 saturated heterocycles. The molecule has 3 fully saturated rings. The van der Waals surface area contributed by atoms with E-state index in [9.17, 15) is 18.8 Å². The molecule has 1 N–H and O–H groups in total. The molecule has 4 rings (SSSR count). The van der Waals surface area contributed by atoms with Gasteiger partial charge in [-0.15, -0.1) is 0 Å². The first-order valence-electron chi connectivity index (χ1n) is 7.96. The molecule has 2 saturated carbocycles. The van der Waals surface area contributed by atoms with E-state index in [1.807, 2.05) is 6.07 Å². The summed E-state index contributed by atoms with van der Waals surface area (Å²) in [6.07, 6.45) is 2.48. The molecule has 23 heavy (non-hydrogen) atoms. The van der Waals surface area contributed by atoms with Gasteiger partial charge in [0, 0.05) is 12.0 Å². The summed E-state index contributed by atoms with van der Waals surface area (Å²) < 4.78 is 13.3. The maximum Gasteiger partial charge on any atom is 0.249 e. The number of benzene rings is 1. The highest BCUT2D eigenvalue weighted by molar-refractivity contribution is 6.07. The molecule has 0 aromatic heterocycles. The highest BCUT2D eigenvalue weighted by atomic mass is 19.1. The number of nitrogens with zero attached hydrogens (tertiary/aromatic N) is 1. The molecule has 5 nitrogen and oxygen atoms in total. The van der Waals surface area contributed by atoms with Crippen molar-refractivity contribution in [2.75, 3.05) is 0 Å². The van der Waals surface area contributed by atoms with Crippen molar-refractivity contribution in [3.05, 3.63) is 35.6 Å². The topological polar surface area (TPSA) is 66.5 Å². The van der Waals surface area contributed by atoms with Crippen molar-refractivity contribution in [1.82, 2.24) is 10.2 Å². The van der Waals surface area contributed by atoms with Gasteiger partial charge in [0.15, 0.2) is 0 Å². The normalized spacial score (nSPS) is 29.3. The maximum absolute atomic E-state index is 13.3. The molecule has 1 aliphatic heterocycles. The van der Waals surface area contributed by atoms with Crippen LogP contribution in [0.4, 0.5) is 4.39 Å². The second-order valence-electron chi connectivity index (χ2n) is 6.61. The summed E-state index contributed by atoms with van der Waals surface area (Å²) in [5.41, 5.74) is 0.825. The van der Waals surface area contributed by atoms with E-state index in [0.29, 0.717) is 6.42 Å². The lowest BCUT2D eigenvalue weighted by Gasteiger charge is -2.27. The lowest BCUT2D eigenvalue weighted by Crippen LogP contribution is -2.46. The molecule has 1 aromatic carbocycles. The van der Waals surface area contributed by atoms with E-state index in [0.717, 1.165) is 18.4 Å². The molecule has 0 unspecified atom stereocenters. The predicted molar refractivity (Wildman–Crippen MR) is 78.7 cm³/mol. The first kappa shape index (κ1) is 14.4. The van der Waals surface area contributed by atoms with Gasteiger partial charge in [-0.2, -0.15) is 0 Å². The molecule has 2 aliphatic carbocycles. The summed E-state index contributed by atoms with van der Waals surface area (Å²) in [5.74, 6) is -1.27. The number of hydrogen-bond acceptors (Lipinski definition) is 3. The number of amides is 3. The average Bonchev–Trinajstić information content (AvgIpc) is 3.40. The molecule has 3 atom stereocenters. The summed E-state index contributed by atoms with van der Waals surface area (Å²) in [5, 5.41) is 2.27. The number of carbonyl (C=O) groups is 3. The Bertz CT molecular complexity index is 701. The Morgan fingerprint density at radius 1 is 1.26 bits per heavy atom. The third-order valence-corrected chi connectivity index (χ3v) is 4.86. The predicted octanol–water partition coefficient (Wildman–Crippen LogP) is 1.34. The van der Waals surface area contributed by atoms with Crippen molar-refractivity contribution in [3.63, 3.8) is 0 Å². The van der Waals surface area contributed by atoms with Crippen LogP contribution in [-0.4, -0.2) is 34.7 Å². The van der Waals surface area contributed by atoms with Gasteiger partial charge in [-0.3, -0.25) is 19.7 Å². The van der Waals surface area contributed by atoms with Gasteiger partial charge >= 0.3 is 0 Å². The van der Waals surface area contributed by atoms with Gasteiger partial charge in [-0.05, 0) is 42.9 Å². The van der Waals surface area contributed by atoms with Crippen molar-refractivity contribution in [3.8, 4) is 0 Å². The minimum absolute atomic E-state index is 0.0135. The zero-order valence-electron chi connectivity index (χ0n) is 12.5. The van der Waals surface area contributed by atoms with Crippen molar-refractivity contribution in [2.24, 2.45) is 5.92 Å². The Labute approximate surface area is 132 Å². The molecular formula is C17H17FN2O3. The van der Waals surface area contributed by atoms with E-state index in [4.69, 9.17) is 0 Å². The van der Waals surface area contributed by atoms with Gasteiger partial charge in [0.25, 0.3) is 0 Å². The second kappa shape index (κ2) is 5.15. The van der Waals surface area contributed by atoms with E-state index in [2.05, 4.69) is 5.32 Å². The summed E-state index contributed by atoms with van der Waals surface area (Å²) in [4.78, 5) is 37.8. The van der Waals surface area contributed by atoms with Crippen LogP contribution in [0.25, 0.3) is 0 Å². The highest BCUT2D eigenvalue weighted by Crippen LogP contribution is 2.50. The minimum Gasteiger partial charge on any atom is -0.327 e. The van der Waals surface area contributed by atoms with Crippen LogP contribution < -0.4 is 5.32 Å². The van der Waals surface area contributed by atoms with E-state index in [1.54, 1.807) is 11.0 Å². The van der Waals surface area contributed by atoms with Crippen molar-refractivity contribution in [2.45, 2.75) is 43.7 Å². The van der Waals surface area contributed by atoms with Crippen LogP contribution in [0, 0.1) is 11.7 Å². The minimum atomic E-state index is -0.670. The fourth-order valence-electron chi connectivity index (χ4n) is 3.47. The SMILES string of the molecule is O=C1C[C@H](N(C(=O)[C@H]2C[C@@H]2c2cccc(F)c2)C2CC2)C(=O)N1. The Hall–Kier alpha value is -2.24. The fraction of sp³-hybridized carbons (Fsp3) is 0.471. The van der Waals surface area contributed by atoms with E-state index < -0.39 is 6.04 Å². The molecule has 3 aliphatic rings. The number of hydrogen-bond donors (Lipinski definition) is 1. The molecule has 3 amide bonds. The summed E-state index contributed by atoms with van der Waals surface area (Å²) in [7, 11) is 0. The molecule has 120 valence electrons. The smallest absolute Gasteiger partial charge is 0.249 e. The van der Waals surface area contributed by atoms with Crippen LogP contribution in [0.3, 0.4) is 0 Å². The standard InChI is InChI=1S/C17H17FN2O3/c18-10-3-1-2-9(6-10)12-7-13(12)17(23)20(11-4-5-11)14-8-15(21)19-16(14)22/h1-3,6,11-14H,4-5,7-8H2,(H,19,21,22)/t12-,13+,14+/m1/s1. The Morgan fingerprint density at radius 2 is 2.04 bits per heavy atom.